The van der Waals surface area contributed by atoms with E-state index in [-0.39, 0.29) is 5.82 Å². The van der Waals surface area contributed by atoms with Gasteiger partial charge >= 0.3 is 0 Å². The lowest BCUT2D eigenvalue weighted by molar-refractivity contribution is 0.639. The second-order valence-electron chi connectivity index (χ2n) is 4.93. The van der Waals surface area contributed by atoms with Crippen LogP contribution in [0.2, 0.25) is 5.02 Å². The Kier molecular flexibility index (Phi) is 3.93. The van der Waals surface area contributed by atoms with Gasteiger partial charge in [0.1, 0.15) is 11.6 Å². The highest BCUT2D eigenvalue weighted by molar-refractivity contribution is 9.10. The summed E-state index contributed by atoms with van der Waals surface area (Å²) in [6.45, 7) is 1.93. The zero-order valence-electron chi connectivity index (χ0n) is 11.6. The number of fused-ring (bicyclic) bond motifs is 1. The molecule has 3 N–H and O–H groups in total. The molecule has 0 bridgehead atoms. The zero-order valence-corrected chi connectivity index (χ0v) is 14.0. The van der Waals surface area contributed by atoms with Gasteiger partial charge in [-0.2, -0.15) is 0 Å². The fourth-order valence-corrected chi connectivity index (χ4v) is 3.04. The minimum Gasteiger partial charge on any atom is -0.398 e. The van der Waals surface area contributed by atoms with Crippen LogP contribution in [0.1, 0.15) is 5.56 Å². The van der Waals surface area contributed by atoms with E-state index in [2.05, 4.69) is 26.2 Å². The number of nitrogens with two attached hydrogens (primary N) is 1. The van der Waals surface area contributed by atoms with E-state index in [0.717, 1.165) is 11.3 Å². The Bertz CT molecular complexity index is 875. The van der Waals surface area contributed by atoms with Crippen LogP contribution in [0.3, 0.4) is 0 Å². The number of nitrogens with one attached hydrogen (secondary N) is 1. The van der Waals surface area contributed by atoms with Crippen molar-refractivity contribution < 1.29 is 4.39 Å². The third-order valence-electron chi connectivity index (χ3n) is 3.41. The van der Waals surface area contributed by atoms with Crippen LogP contribution in [-0.2, 0) is 0 Å². The molecule has 3 rings (SSSR count). The van der Waals surface area contributed by atoms with Crippen LogP contribution >= 0.6 is 27.5 Å². The smallest absolute Gasteiger partial charge is 0.140 e. The number of anilines is 3. The van der Waals surface area contributed by atoms with E-state index in [4.69, 9.17) is 17.3 Å². The summed E-state index contributed by atoms with van der Waals surface area (Å²) < 4.78 is 14.7. The molecule has 0 unspecified atom stereocenters. The predicted molar refractivity (Wildman–Crippen MR) is 93.3 cm³/mol. The number of aryl methyl sites for hydroxylation is 1. The summed E-state index contributed by atoms with van der Waals surface area (Å²) in [6, 6.07) is 8.35. The fraction of sp³-hybridized carbons (Fsp3) is 0.0625. The predicted octanol–water partition coefficient (Wildman–Crippen LogP) is 5.42. The van der Waals surface area contributed by atoms with Gasteiger partial charge in [-0.3, -0.25) is 0 Å². The summed E-state index contributed by atoms with van der Waals surface area (Å²) in [5, 5.41) is 4.81. The number of pyridine rings is 1. The van der Waals surface area contributed by atoms with Crippen LogP contribution in [-0.4, -0.2) is 4.98 Å². The first-order valence-electron chi connectivity index (χ1n) is 6.52. The lowest BCUT2D eigenvalue weighted by Crippen LogP contribution is -2.00. The van der Waals surface area contributed by atoms with Crippen molar-refractivity contribution in [3.05, 3.63) is 57.4 Å². The van der Waals surface area contributed by atoms with Crippen molar-refractivity contribution in [3.63, 3.8) is 0 Å². The molecular formula is C16H12BrClFN3. The van der Waals surface area contributed by atoms with Gasteiger partial charge in [-0.05, 0) is 58.7 Å². The van der Waals surface area contributed by atoms with Crippen LogP contribution in [0.15, 0.2) is 41.0 Å². The number of nitrogen functional groups attached to an aromatic ring is 1. The molecule has 1 heterocycles. The molecule has 112 valence electrons. The first kappa shape index (κ1) is 15.1. The number of halogens is 3. The number of benzene rings is 2. The maximum atomic E-state index is 14.1. The zero-order chi connectivity index (χ0) is 15.9. The first-order chi connectivity index (χ1) is 10.5. The van der Waals surface area contributed by atoms with E-state index in [1.807, 2.05) is 19.1 Å². The molecule has 1 aromatic heterocycles. The molecule has 22 heavy (non-hydrogen) atoms. The number of hydrogen-bond acceptors (Lipinski definition) is 3. The molecule has 0 saturated heterocycles. The van der Waals surface area contributed by atoms with E-state index >= 15 is 0 Å². The van der Waals surface area contributed by atoms with E-state index in [1.165, 1.54) is 12.1 Å². The maximum absolute atomic E-state index is 14.1. The highest BCUT2D eigenvalue weighted by Gasteiger charge is 2.14. The number of hydrogen-bond donors (Lipinski definition) is 2. The summed E-state index contributed by atoms with van der Waals surface area (Å²) in [4.78, 5) is 4.33. The summed E-state index contributed by atoms with van der Waals surface area (Å²) >= 11 is 9.28. The largest absolute Gasteiger partial charge is 0.398 e. The molecule has 0 aliphatic rings. The molecule has 0 spiro atoms. The molecule has 6 heteroatoms. The second kappa shape index (κ2) is 5.74. The van der Waals surface area contributed by atoms with Crippen molar-refractivity contribution in [2.24, 2.45) is 0 Å². The Morgan fingerprint density at radius 2 is 2.00 bits per heavy atom. The highest BCUT2D eigenvalue weighted by Crippen LogP contribution is 2.36. The molecular weight excluding hydrogens is 369 g/mol. The SMILES string of the molecule is Cc1cc(Cl)ccc1Nc1ncc(Br)c2c(F)ccc(N)c12. The van der Waals surface area contributed by atoms with Gasteiger partial charge in [-0.15, -0.1) is 0 Å². The van der Waals surface area contributed by atoms with Gasteiger partial charge in [0.25, 0.3) is 0 Å². The molecule has 0 fully saturated rings. The number of rotatable bonds is 2. The van der Waals surface area contributed by atoms with Crippen molar-refractivity contribution in [1.82, 2.24) is 4.98 Å². The molecule has 0 aliphatic carbocycles. The molecule has 0 saturated carbocycles. The maximum Gasteiger partial charge on any atom is 0.140 e. The third-order valence-corrected chi connectivity index (χ3v) is 4.25. The fourth-order valence-electron chi connectivity index (χ4n) is 2.32. The lowest BCUT2D eigenvalue weighted by Gasteiger charge is -2.14. The Labute approximate surface area is 140 Å². The molecule has 0 radical (unpaired) electrons. The van der Waals surface area contributed by atoms with E-state index in [1.54, 1.807) is 12.3 Å². The minimum atomic E-state index is -0.352. The van der Waals surface area contributed by atoms with Gasteiger partial charge in [0, 0.05) is 32.5 Å². The number of nitrogens with zero attached hydrogens (tertiary/aromatic N) is 1. The molecule has 0 aliphatic heterocycles. The van der Waals surface area contributed by atoms with Crippen LogP contribution in [0.25, 0.3) is 10.8 Å². The van der Waals surface area contributed by atoms with Crippen LogP contribution in [0.4, 0.5) is 21.6 Å². The topological polar surface area (TPSA) is 50.9 Å². The van der Waals surface area contributed by atoms with Gasteiger partial charge in [-0.1, -0.05) is 11.6 Å². The molecule has 3 aromatic rings. The van der Waals surface area contributed by atoms with Gasteiger partial charge in [0.05, 0.1) is 5.39 Å². The second-order valence-corrected chi connectivity index (χ2v) is 6.22. The van der Waals surface area contributed by atoms with Crippen molar-refractivity contribution in [2.45, 2.75) is 6.92 Å². The summed E-state index contributed by atoms with van der Waals surface area (Å²) in [6.07, 6.45) is 1.55. The Hall–Kier alpha value is -1.85. The van der Waals surface area contributed by atoms with Gasteiger partial charge in [-0.25, -0.2) is 9.37 Å². The molecule has 0 amide bonds. The van der Waals surface area contributed by atoms with E-state index in [0.29, 0.717) is 31.8 Å². The van der Waals surface area contributed by atoms with Crippen molar-refractivity contribution in [3.8, 4) is 0 Å². The summed E-state index contributed by atoms with van der Waals surface area (Å²) in [5.74, 6) is 0.148. The summed E-state index contributed by atoms with van der Waals surface area (Å²) in [7, 11) is 0. The van der Waals surface area contributed by atoms with Crippen LogP contribution in [0.5, 0.6) is 0 Å². The van der Waals surface area contributed by atoms with Crippen molar-refractivity contribution >= 4 is 55.5 Å². The third kappa shape index (κ3) is 2.62. The monoisotopic (exact) mass is 379 g/mol. The van der Waals surface area contributed by atoms with Gasteiger partial charge in [0.15, 0.2) is 0 Å². The van der Waals surface area contributed by atoms with Gasteiger partial charge in [0.2, 0.25) is 0 Å². The normalized spacial score (nSPS) is 10.9. The average molecular weight is 381 g/mol. The Morgan fingerprint density at radius 3 is 2.73 bits per heavy atom. The van der Waals surface area contributed by atoms with Gasteiger partial charge < -0.3 is 11.1 Å². The molecule has 3 nitrogen and oxygen atoms in total. The van der Waals surface area contributed by atoms with Crippen LogP contribution in [0, 0.1) is 12.7 Å². The standard InChI is InChI=1S/C16H12BrClFN3/c1-8-6-9(18)2-5-13(8)22-16-15-12(20)4-3-11(19)14(15)10(17)7-21-16/h2-7H,20H2,1H3,(H,21,22). The quantitative estimate of drug-likeness (QED) is 0.583. The van der Waals surface area contributed by atoms with Crippen LogP contribution < -0.4 is 11.1 Å². The van der Waals surface area contributed by atoms with E-state index in [9.17, 15) is 4.39 Å². The van der Waals surface area contributed by atoms with Crippen molar-refractivity contribution in [1.29, 1.82) is 0 Å². The average Bonchev–Trinajstić information content (AvgIpc) is 2.47. The van der Waals surface area contributed by atoms with Crippen molar-refractivity contribution in [2.75, 3.05) is 11.1 Å². The Morgan fingerprint density at radius 1 is 1.23 bits per heavy atom. The molecule has 2 aromatic carbocycles. The number of aromatic nitrogens is 1. The highest BCUT2D eigenvalue weighted by atomic mass is 79.9. The minimum absolute atomic E-state index is 0.352. The molecule has 0 atom stereocenters. The van der Waals surface area contributed by atoms with E-state index < -0.39 is 0 Å². The summed E-state index contributed by atoms with van der Waals surface area (Å²) in [5.41, 5.74) is 8.28. The first-order valence-corrected chi connectivity index (χ1v) is 7.70. The lowest BCUT2D eigenvalue weighted by atomic mass is 10.1. The Balaban J connectivity index is 2.19.